The van der Waals surface area contributed by atoms with Crippen LogP contribution in [0.3, 0.4) is 0 Å². The van der Waals surface area contributed by atoms with Gasteiger partial charge in [0, 0.05) is 36.2 Å². The largest absolute Gasteiger partial charge is 0.416 e. The summed E-state index contributed by atoms with van der Waals surface area (Å²) < 4.78 is 41.6. The minimum atomic E-state index is -4.62. The van der Waals surface area contributed by atoms with Gasteiger partial charge in [-0.1, -0.05) is 13.0 Å². The van der Waals surface area contributed by atoms with E-state index in [-0.39, 0.29) is 48.1 Å². The first kappa shape index (κ1) is 27.7. The molecule has 0 bridgehead atoms. The molecule has 0 saturated heterocycles. The number of nitrogens with one attached hydrogen (secondary N) is 1. The van der Waals surface area contributed by atoms with E-state index in [1.165, 1.54) is 15.9 Å². The van der Waals surface area contributed by atoms with Gasteiger partial charge in [-0.3, -0.25) is 19.3 Å². The maximum absolute atomic E-state index is 13.9. The second kappa shape index (κ2) is 10.6. The van der Waals surface area contributed by atoms with Gasteiger partial charge in [0.2, 0.25) is 0 Å². The van der Waals surface area contributed by atoms with Crippen molar-refractivity contribution < 1.29 is 27.6 Å². The number of aryl methyl sites for hydroxylation is 1. The van der Waals surface area contributed by atoms with E-state index in [1.54, 1.807) is 11.6 Å². The quantitative estimate of drug-likeness (QED) is 0.468. The molecule has 2 aliphatic carbocycles. The number of amides is 3. The maximum Gasteiger partial charge on any atom is 0.416 e. The van der Waals surface area contributed by atoms with Crippen molar-refractivity contribution in [3.63, 3.8) is 0 Å². The standard InChI is InChI=1S/C28H31F3N6O3/c1-3-13-37-25-21(23(34-37)27(40)36(14-12-32)19-10-11-19)20(16-8-9-16)22(26(39)35(25)4-2)33-24(38)17-6-5-7-18(15-17)28(29,30)31/h5-7,15-16,19-20,22H,3-4,8-11,13-14H2,1-2H3,(H,33,38)/t20-,22-/m0/s1. The molecule has 0 unspecified atom stereocenters. The molecule has 1 aromatic heterocycles. The number of hydrogen-bond donors (Lipinski definition) is 1. The summed E-state index contributed by atoms with van der Waals surface area (Å²) in [5, 5.41) is 16.8. The molecule has 40 heavy (non-hydrogen) atoms. The van der Waals surface area contributed by atoms with Crippen LogP contribution in [-0.2, 0) is 17.5 Å². The number of likely N-dealkylation sites (N-methyl/N-ethyl adjacent to an activating group) is 1. The molecule has 2 heterocycles. The molecule has 3 amide bonds. The van der Waals surface area contributed by atoms with Gasteiger partial charge in [-0.2, -0.15) is 23.5 Å². The molecule has 2 atom stereocenters. The van der Waals surface area contributed by atoms with Gasteiger partial charge in [0.25, 0.3) is 17.7 Å². The van der Waals surface area contributed by atoms with E-state index in [9.17, 15) is 32.8 Å². The van der Waals surface area contributed by atoms with E-state index in [0.717, 1.165) is 43.9 Å². The normalized spacial score (nSPS) is 20.6. The van der Waals surface area contributed by atoms with Gasteiger partial charge in [-0.15, -0.1) is 0 Å². The van der Waals surface area contributed by atoms with Gasteiger partial charge in [0.1, 0.15) is 18.4 Å². The Balaban J connectivity index is 1.58. The van der Waals surface area contributed by atoms with Crippen molar-refractivity contribution >= 4 is 23.5 Å². The topological polar surface area (TPSA) is 111 Å². The summed E-state index contributed by atoms with van der Waals surface area (Å²) in [5.74, 6) is -1.63. The fourth-order valence-electron chi connectivity index (χ4n) is 5.62. The summed E-state index contributed by atoms with van der Waals surface area (Å²) in [7, 11) is 0. The molecule has 2 aromatic rings. The Morgan fingerprint density at radius 1 is 1.20 bits per heavy atom. The Kier molecular flexibility index (Phi) is 7.33. The molecule has 9 nitrogen and oxygen atoms in total. The van der Waals surface area contributed by atoms with E-state index >= 15 is 0 Å². The van der Waals surface area contributed by atoms with E-state index in [1.807, 2.05) is 6.92 Å². The Morgan fingerprint density at radius 3 is 2.50 bits per heavy atom. The molecular formula is C28H31F3N6O3. The SMILES string of the molecule is CCCn1nc(C(=O)N(CC#N)C2CC2)c2c1N(CC)C(=O)[C@@H](NC(=O)c1cccc(C(F)(F)F)c1)[C@H]2C1CC1. The summed E-state index contributed by atoms with van der Waals surface area (Å²) in [5.41, 5.74) is -0.428. The highest BCUT2D eigenvalue weighted by Crippen LogP contribution is 2.51. The van der Waals surface area contributed by atoms with Crippen LogP contribution < -0.4 is 10.2 Å². The minimum absolute atomic E-state index is 0.00955. The van der Waals surface area contributed by atoms with Crippen LogP contribution in [0.1, 0.15) is 83.8 Å². The van der Waals surface area contributed by atoms with Gasteiger partial charge in [-0.05, 0) is 63.1 Å². The highest BCUT2D eigenvalue weighted by atomic mass is 19.4. The van der Waals surface area contributed by atoms with Gasteiger partial charge < -0.3 is 10.2 Å². The zero-order valence-corrected chi connectivity index (χ0v) is 22.4. The summed E-state index contributed by atoms with van der Waals surface area (Å²) in [6.45, 7) is 4.35. The molecule has 0 spiro atoms. The van der Waals surface area contributed by atoms with Gasteiger partial charge in [-0.25, -0.2) is 4.68 Å². The predicted octanol–water partition coefficient (Wildman–Crippen LogP) is 4.10. The van der Waals surface area contributed by atoms with Crippen LogP contribution in [0.5, 0.6) is 0 Å². The number of fused-ring (bicyclic) bond motifs is 1. The van der Waals surface area contributed by atoms with Crippen LogP contribution in [-0.4, -0.2) is 57.6 Å². The molecule has 2 fully saturated rings. The smallest absolute Gasteiger partial charge is 0.340 e. The first-order chi connectivity index (χ1) is 19.1. The number of rotatable bonds is 9. The second-order valence-electron chi connectivity index (χ2n) is 10.6. The third-order valence-electron chi connectivity index (χ3n) is 7.75. The average molecular weight is 557 g/mol. The highest BCUT2D eigenvalue weighted by molar-refractivity contribution is 6.07. The van der Waals surface area contributed by atoms with Crippen molar-refractivity contribution in [1.82, 2.24) is 20.0 Å². The lowest BCUT2D eigenvalue weighted by molar-refractivity contribution is -0.137. The lowest BCUT2D eigenvalue weighted by Crippen LogP contribution is -2.56. The van der Waals surface area contributed by atoms with E-state index in [4.69, 9.17) is 0 Å². The number of halogens is 3. The van der Waals surface area contributed by atoms with Gasteiger partial charge >= 0.3 is 6.18 Å². The van der Waals surface area contributed by atoms with Crippen LogP contribution in [0.15, 0.2) is 24.3 Å². The molecule has 1 N–H and O–H groups in total. The van der Waals surface area contributed by atoms with Crippen LogP contribution in [0.2, 0.25) is 0 Å². The summed E-state index contributed by atoms with van der Waals surface area (Å²) in [4.78, 5) is 44.0. The summed E-state index contributed by atoms with van der Waals surface area (Å²) in [6.07, 6.45) is -0.782. The van der Waals surface area contributed by atoms with Crippen LogP contribution in [0, 0.1) is 17.2 Å². The number of alkyl halides is 3. The monoisotopic (exact) mass is 556 g/mol. The minimum Gasteiger partial charge on any atom is -0.340 e. The summed E-state index contributed by atoms with van der Waals surface area (Å²) in [6, 6.07) is 5.02. The Hall–Kier alpha value is -3.88. The predicted molar refractivity (Wildman–Crippen MR) is 138 cm³/mol. The summed E-state index contributed by atoms with van der Waals surface area (Å²) >= 11 is 0. The molecule has 5 rings (SSSR count). The zero-order valence-electron chi connectivity index (χ0n) is 22.4. The zero-order chi connectivity index (χ0) is 28.8. The Labute approximate surface area is 229 Å². The van der Waals surface area contributed by atoms with E-state index in [2.05, 4.69) is 16.5 Å². The first-order valence-corrected chi connectivity index (χ1v) is 13.7. The van der Waals surface area contributed by atoms with Crippen molar-refractivity contribution in [3.05, 3.63) is 46.6 Å². The molecule has 3 aliphatic rings. The third kappa shape index (κ3) is 5.05. The number of benzene rings is 1. The van der Waals surface area contributed by atoms with Crippen molar-refractivity contribution in [1.29, 1.82) is 5.26 Å². The molecule has 2 saturated carbocycles. The molecule has 212 valence electrons. The highest BCUT2D eigenvalue weighted by Gasteiger charge is 2.52. The third-order valence-corrected chi connectivity index (χ3v) is 7.75. The fourth-order valence-corrected chi connectivity index (χ4v) is 5.62. The molecule has 0 radical (unpaired) electrons. The van der Waals surface area contributed by atoms with Crippen molar-refractivity contribution in [2.45, 2.75) is 76.7 Å². The van der Waals surface area contributed by atoms with Crippen molar-refractivity contribution in [2.75, 3.05) is 18.0 Å². The molecule has 1 aliphatic heterocycles. The fraction of sp³-hybridized carbons (Fsp3) is 0.536. The number of nitriles is 1. The van der Waals surface area contributed by atoms with Gasteiger partial charge in [0.15, 0.2) is 5.69 Å². The first-order valence-electron chi connectivity index (χ1n) is 13.7. The van der Waals surface area contributed by atoms with Gasteiger partial charge in [0.05, 0.1) is 11.6 Å². The maximum atomic E-state index is 13.9. The number of carbonyl (C=O) groups is 3. The lowest BCUT2D eigenvalue weighted by Gasteiger charge is -2.38. The number of hydrogen-bond acceptors (Lipinski definition) is 5. The van der Waals surface area contributed by atoms with E-state index in [0.29, 0.717) is 24.3 Å². The van der Waals surface area contributed by atoms with Crippen molar-refractivity contribution in [2.24, 2.45) is 5.92 Å². The number of aromatic nitrogens is 2. The number of carbonyl (C=O) groups excluding carboxylic acids is 3. The number of anilines is 1. The molecule has 12 heteroatoms. The molecule has 1 aromatic carbocycles. The second-order valence-corrected chi connectivity index (χ2v) is 10.6. The van der Waals surface area contributed by atoms with E-state index < -0.39 is 29.6 Å². The van der Waals surface area contributed by atoms with Crippen LogP contribution in [0.25, 0.3) is 0 Å². The van der Waals surface area contributed by atoms with Crippen LogP contribution >= 0.6 is 0 Å². The van der Waals surface area contributed by atoms with Crippen LogP contribution in [0.4, 0.5) is 19.0 Å². The average Bonchev–Trinajstić information content (AvgIpc) is 3.85. The van der Waals surface area contributed by atoms with Crippen molar-refractivity contribution in [3.8, 4) is 6.07 Å². The number of nitrogens with zero attached hydrogens (tertiary/aromatic N) is 5. The Morgan fingerprint density at radius 2 is 1.93 bits per heavy atom. The molecular weight excluding hydrogens is 525 g/mol. The lowest BCUT2D eigenvalue weighted by atomic mass is 9.82. The Bertz CT molecular complexity index is 1370.